The summed E-state index contributed by atoms with van der Waals surface area (Å²) in [5, 5.41) is 4.07. The Morgan fingerprint density at radius 3 is 2.60 bits per heavy atom. The van der Waals surface area contributed by atoms with E-state index in [0.717, 1.165) is 5.56 Å². The first kappa shape index (κ1) is 14.7. The van der Waals surface area contributed by atoms with Crippen LogP contribution in [0.25, 0.3) is 0 Å². The summed E-state index contributed by atoms with van der Waals surface area (Å²) in [6.45, 7) is 4.00. The highest BCUT2D eigenvalue weighted by molar-refractivity contribution is 7.89. The minimum Gasteiger partial charge on any atom is -0.275 e. The SMILES string of the molecule is CC(C)N(Cc1cnn(C)c1)S(=O)(=O)c1cccnc1. The van der Waals surface area contributed by atoms with Crippen molar-refractivity contribution in [2.24, 2.45) is 7.05 Å². The van der Waals surface area contributed by atoms with E-state index in [2.05, 4.69) is 10.1 Å². The standard InChI is InChI=1S/C13H18N4O2S/c1-11(2)17(10-12-7-15-16(3)9-12)20(18,19)13-5-4-6-14-8-13/h4-9,11H,10H2,1-3H3. The van der Waals surface area contributed by atoms with Crippen LogP contribution in [-0.4, -0.2) is 33.5 Å². The maximum absolute atomic E-state index is 12.6. The lowest BCUT2D eigenvalue weighted by Gasteiger charge is -2.25. The van der Waals surface area contributed by atoms with E-state index >= 15 is 0 Å². The number of aryl methyl sites for hydroxylation is 1. The summed E-state index contributed by atoms with van der Waals surface area (Å²) in [6.07, 6.45) is 6.41. The first-order chi connectivity index (χ1) is 9.41. The highest BCUT2D eigenvalue weighted by Crippen LogP contribution is 2.19. The fourth-order valence-electron chi connectivity index (χ4n) is 1.91. The van der Waals surface area contributed by atoms with Crippen LogP contribution in [0.3, 0.4) is 0 Å². The monoisotopic (exact) mass is 294 g/mol. The molecule has 0 unspecified atom stereocenters. The molecule has 6 nitrogen and oxygen atoms in total. The van der Waals surface area contributed by atoms with Crippen LogP contribution < -0.4 is 0 Å². The predicted molar refractivity (Wildman–Crippen MR) is 75.3 cm³/mol. The molecule has 0 atom stereocenters. The second kappa shape index (κ2) is 5.72. The Labute approximate surface area is 119 Å². The van der Waals surface area contributed by atoms with Gasteiger partial charge in [0.25, 0.3) is 0 Å². The fraction of sp³-hybridized carbons (Fsp3) is 0.385. The average molecular weight is 294 g/mol. The van der Waals surface area contributed by atoms with Crippen molar-refractivity contribution in [2.45, 2.75) is 31.3 Å². The van der Waals surface area contributed by atoms with E-state index in [-0.39, 0.29) is 10.9 Å². The zero-order valence-electron chi connectivity index (χ0n) is 11.8. The average Bonchev–Trinajstić information content (AvgIpc) is 2.82. The van der Waals surface area contributed by atoms with Crippen molar-refractivity contribution in [1.29, 1.82) is 0 Å². The third kappa shape index (κ3) is 3.05. The van der Waals surface area contributed by atoms with Gasteiger partial charge >= 0.3 is 0 Å². The zero-order chi connectivity index (χ0) is 14.8. The topological polar surface area (TPSA) is 68.1 Å². The normalized spacial score (nSPS) is 12.2. The van der Waals surface area contributed by atoms with Gasteiger partial charge in [-0.1, -0.05) is 0 Å². The lowest BCUT2D eigenvalue weighted by molar-refractivity contribution is 0.348. The molecule has 0 aliphatic rings. The third-order valence-electron chi connectivity index (χ3n) is 2.91. The first-order valence-corrected chi connectivity index (χ1v) is 7.74. The molecular weight excluding hydrogens is 276 g/mol. The number of aromatic nitrogens is 3. The number of sulfonamides is 1. The molecule has 20 heavy (non-hydrogen) atoms. The van der Waals surface area contributed by atoms with Crippen LogP contribution in [0.4, 0.5) is 0 Å². The molecule has 0 aromatic carbocycles. The quantitative estimate of drug-likeness (QED) is 0.836. The lowest BCUT2D eigenvalue weighted by Crippen LogP contribution is -2.36. The van der Waals surface area contributed by atoms with E-state index in [0.29, 0.717) is 6.54 Å². The summed E-state index contributed by atoms with van der Waals surface area (Å²) in [5.41, 5.74) is 0.855. The highest BCUT2D eigenvalue weighted by atomic mass is 32.2. The van der Waals surface area contributed by atoms with Crippen LogP contribution in [-0.2, 0) is 23.6 Å². The summed E-state index contributed by atoms with van der Waals surface area (Å²) in [5.74, 6) is 0. The summed E-state index contributed by atoms with van der Waals surface area (Å²) in [4.78, 5) is 4.09. The maximum atomic E-state index is 12.6. The smallest absolute Gasteiger partial charge is 0.245 e. The van der Waals surface area contributed by atoms with Crippen molar-refractivity contribution in [3.8, 4) is 0 Å². The molecule has 0 saturated carbocycles. The third-order valence-corrected chi connectivity index (χ3v) is 4.92. The largest absolute Gasteiger partial charge is 0.275 e. The summed E-state index contributed by atoms with van der Waals surface area (Å²) < 4.78 is 28.4. The van der Waals surface area contributed by atoms with Crippen LogP contribution >= 0.6 is 0 Å². The molecule has 0 amide bonds. The van der Waals surface area contributed by atoms with Crippen molar-refractivity contribution >= 4 is 10.0 Å². The number of rotatable bonds is 5. The molecule has 0 aliphatic heterocycles. The molecule has 0 spiro atoms. The number of pyridine rings is 1. The van der Waals surface area contributed by atoms with Crippen molar-refractivity contribution in [3.05, 3.63) is 42.5 Å². The zero-order valence-corrected chi connectivity index (χ0v) is 12.6. The second-order valence-electron chi connectivity index (χ2n) is 4.85. The Bertz CT molecular complexity index is 665. The number of hydrogen-bond acceptors (Lipinski definition) is 4. The minimum atomic E-state index is -3.56. The molecule has 0 bridgehead atoms. The number of nitrogens with zero attached hydrogens (tertiary/aromatic N) is 4. The van der Waals surface area contributed by atoms with Gasteiger partial charge in [0.15, 0.2) is 0 Å². The molecule has 0 saturated heterocycles. The van der Waals surface area contributed by atoms with Gasteiger partial charge in [0.2, 0.25) is 10.0 Å². The van der Waals surface area contributed by atoms with Gasteiger partial charge in [-0.3, -0.25) is 9.67 Å². The summed E-state index contributed by atoms with van der Waals surface area (Å²) >= 11 is 0. The molecule has 108 valence electrons. The molecule has 2 rings (SSSR count). The lowest BCUT2D eigenvalue weighted by atomic mass is 10.3. The van der Waals surface area contributed by atoms with E-state index in [4.69, 9.17) is 0 Å². The van der Waals surface area contributed by atoms with E-state index in [1.165, 1.54) is 10.5 Å². The molecule has 0 fully saturated rings. The molecule has 2 aromatic rings. The Morgan fingerprint density at radius 2 is 2.10 bits per heavy atom. The fourth-order valence-corrected chi connectivity index (χ4v) is 3.50. The van der Waals surface area contributed by atoms with Crippen molar-refractivity contribution in [1.82, 2.24) is 19.1 Å². The molecule has 2 heterocycles. The van der Waals surface area contributed by atoms with Gasteiger partial charge in [-0.05, 0) is 26.0 Å². The molecule has 0 aliphatic carbocycles. The van der Waals surface area contributed by atoms with Crippen LogP contribution in [0.15, 0.2) is 41.8 Å². The van der Waals surface area contributed by atoms with Gasteiger partial charge in [0.1, 0.15) is 4.90 Å². The highest BCUT2D eigenvalue weighted by Gasteiger charge is 2.27. The second-order valence-corrected chi connectivity index (χ2v) is 6.75. The van der Waals surface area contributed by atoms with Crippen LogP contribution in [0.5, 0.6) is 0 Å². The molecule has 7 heteroatoms. The van der Waals surface area contributed by atoms with Crippen LogP contribution in [0.2, 0.25) is 0 Å². The van der Waals surface area contributed by atoms with Gasteiger partial charge in [-0.15, -0.1) is 0 Å². The Hall–Kier alpha value is -1.73. The van der Waals surface area contributed by atoms with Crippen LogP contribution in [0, 0.1) is 0 Å². The van der Waals surface area contributed by atoms with Crippen molar-refractivity contribution in [2.75, 3.05) is 0 Å². The Kier molecular flexibility index (Phi) is 4.20. The van der Waals surface area contributed by atoms with E-state index in [1.54, 1.807) is 36.3 Å². The summed E-state index contributed by atoms with van der Waals surface area (Å²) in [6, 6.07) is 3.02. The van der Waals surface area contributed by atoms with E-state index < -0.39 is 10.0 Å². The van der Waals surface area contributed by atoms with Crippen molar-refractivity contribution < 1.29 is 8.42 Å². The van der Waals surface area contributed by atoms with Crippen LogP contribution in [0.1, 0.15) is 19.4 Å². The summed E-state index contributed by atoms with van der Waals surface area (Å²) in [7, 11) is -1.75. The maximum Gasteiger partial charge on any atom is 0.245 e. The van der Waals surface area contributed by atoms with E-state index in [1.807, 2.05) is 20.0 Å². The van der Waals surface area contributed by atoms with Gasteiger partial charge in [0.05, 0.1) is 6.20 Å². The minimum absolute atomic E-state index is 0.152. The molecule has 2 aromatic heterocycles. The van der Waals surface area contributed by atoms with Gasteiger partial charge < -0.3 is 0 Å². The Morgan fingerprint density at radius 1 is 1.35 bits per heavy atom. The molecule has 0 N–H and O–H groups in total. The van der Waals surface area contributed by atoms with Gasteiger partial charge in [0, 0.05) is 43.8 Å². The first-order valence-electron chi connectivity index (χ1n) is 6.30. The van der Waals surface area contributed by atoms with Gasteiger partial charge in [-0.2, -0.15) is 9.40 Å². The number of hydrogen-bond donors (Lipinski definition) is 0. The molecule has 0 radical (unpaired) electrons. The van der Waals surface area contributed by atoms with Crippen molar-refractivity contribution in [3.63, 3.8) is 0 Å². The van der Waals surface area contributed by atoms with Gasteiger partial charge in [-0.25, -0.2) is 8.42 Å². The van der Waals surface area contributed by atoms with E-state index in [9.17, 15) is 8.42 Å². The molecular formula is C13H18N4O2S. The Balaban J connectivity index is 2.33. The predicted octanol–water partition coefficient (Wildman–Crippen LogP) is 1.41.